The van der Waals surface area contributed by atoms with Crippen molar-refractivity contribution in [3.63, 3.8) is 0 Å². The molecule has 0 bridgehead atoms. The summed E-state index contributed by atoms with van der Waals surface area (Å²) >= 11 is 0. The average Bonchev–Trinajstić information content (AvgIpc) is 3.09. The third-order valence-electron chi connectivity index (χ3n) is 4.81. The molecule has 0 aliphatic carbocycles. The van der Waals surface area contributed by atoms with Crippen LogP contribution in [0.15, 0.2) is 51.8 Å². The number of carboxylic acids is 1. The van der Waals surface area contributed by atoms with Gasteiger partial charge in [-0.25, -0.2) is 0 Å². The molecule has 0 radical (unpaired) electrons. The highest BCUT2D eigenvalue weighted by Gasteiger charge is 2.33. The first-order valence-corrected chi connectivity index (χ1v) is 10.1. The molecule has 1 atom stereocenters. The normalized spacial score (nSPS) is 18.3. The molecule has 2 aliphatic heterocycles. The standard InChI is InChI=1S/C19H18N2O5S/c1-12(19(22)23)13-4-6-14(7-5-13)26-15-8-9-16-17(11-15)27(24,25)20-18-3-2-10-21(16)18/h4-9,11-12H,2-3,10H2,1H3,(H,22,23). The van der Waals surface area contributed by atoms with Crippen molar-refractivity contribution in [2.75, 3.05) is 11.4 Å². The molecule has 0 aromatic heterocycles. The SMILES string of the molecule is CC(C(=O)O)c1ccc(Oc2ccc3c(c2)S(=O)(=O)N=C2CCCN23)cc1. The summed E-state index contributed by atoms with van der Waals surface area (Å²) in [6, 6.07) is 11.6. The van der Waals surface area contributed by atoms with Crippen molar-refractivity contribution in [2.45, 2.75) is 30.6 Å². The van der Waals surface area contributed by atoms with Gasteiger partial charge in [0.05, 0.1) is 11.6 Å². The summed E-state index contributed by atoms with van der Waals surface area (Å²) in [5, 5.41) is 9.06. The van der Waals surface area contributed by atoms with Crippen molar-refractivity contribution in [1.82, 2.24) is 0 Å². The van der Waals surface area contributed by atoms with Gasteiger partial charge in [-0.05, 0) is 43.2 Å². The lowest BCUT2D eigenvalue weighted by atomic mass is 10.0. The molecule has 0 spiro atoms. The minimum atomic E-state index is -3.74. The van der Waals surface area contributed by atoms with Crippen LogP contribution in [0.1, 0.15) is 31.2 Å². The molecule has 140 valence electrons. The van der Waals surface area contributed by atoms with Crippen LogP contribution in [-0.4, -0.2) is 31.9 Å². The summed E-state index contributed by atoms with van der Waals surface area (Å²) in [5.74, 6) is -0.0331. The van der Waals surface area contributed by atoms with E-state index >= 15 is 0 Å². The van der Waals surface area contributed by atoms with E-state index in [2.05, 4.69) is 4.40 Å². The molecule has 2 aromatic rings. The van der Waals surface area contributed by atoms with E-state index < -0.39 is 21.9 Å². The van der Waals surface area contributed by atoms with Crippen LogP contribution in [0.4, 0.5) is 5.69 Å². The predicted molar refractivity (Wildman–Crippen MR) is 100 cm³/mol. The van der Waals surface area contributed by atoms with Gasteiger partial charge in [-0.15, -0.1) is 4.40 Å². The molecule has 1 saturated heterocycles. The summed E-state index contributed by atoms with van der Waals surface area (Å²) in [4.78, 5) is 13.1. The lowest BCUT2D eigenvalue weighted by Crippen LogP contribution is -2.30. The van der Waals surface area contributed by atoms with Crippen molar-refractivity contribution < 1.29 is 23.1 Å². The fraction of sp³-hybridized carbons (Fsp3) is 0.263. The van der Waals surface area contributed by atoms with Crippen LogP contribution in [-0.2, 0) is 14.8 Å². The van der Waals surface area contributed by atoms with Gasteiger partial charge in [-0.1, -0.05) is 12.1 Å². The lowest BCUT2D eigenvalue weighted by Gasteiger charge is -2.25. The third-order valence-corrected chi connectivity index (χ3v) is 6.14. The van der Waals surface area contributed by atoms with E-state index in [1.807, 2.05) is 4.90 Å². The molecule has 27 heavy (non-hydrogen) atoms. The Kier molecular flexibility index (Phi) is 4.15. The summed E-state index contributed by atoms with van der Waals surface area (Å²) < 4.78 is 34.6. The first-order valence-electron chi connectivity index (χ1n) is 8.61. The average molecular weight is 386 g/mol. The number of amidine groups is 1. The number of hydrogen-bond donors (Lipinski definition) is 1. The second-order valence-electron chi connectivity index (χ2n) is 6.60. The van der Waals surface area contributed by atoms with Gasteiger partial charge in [0.2, 0.25) is 0 Å². The maximum absolute atomic E-state index is 12.5. The Hall–Kier alpha value is -2.87. The Morgan fingerprint density at radius 1 is 1.19 bits per heavy atom. The smallest absolute Gasteiger partial charge is 0.310 e. The Morgan fingerprint density at radius 3 is 2.59 bits per heavy atom. The van der Waals surface area contributed by atoms with E-state index in [0.29, 0.717) is 35.0 Å². The number of carbonyl (C=O) groups is 1. The molecule has 1 N–H and O–H groups in total. The second kappa shape index (κ2) is 6.38. The van der Waals surface area contributed by atoms with E-state index in [9.17, 15) is 13.2 Å². The van der Waals surface area contributed by atoms with Gasteiger partial charge in [-0.3, -0.25) is 4.79 Å². The predicted octanol–water partition coefficient (Wildman–Crippen LogP) is 3.37. The van der Waals surface area contributed by atoms with E-state index in [1.165, 1.54) is 6.07 Å². The number of fused-ring (bicyclic) bond motifs is 3. The summed E-state index contributed by atoms with van der Waals surface area (Å²) in [5.41, 5.74) is 1.30. The Balaban J connectivity index is 1.61. The summed E-state index contributed by atoms with van der Waals surface area (Å²) in [6.45, 7) is 2.37. The molecule has 1 unspecified atom stereocenters. The van der Waals surface area contributed by atoms with Gasteiger partial charge in [0.1, 0.15) is 22.2 Å². The Bertz CT molecular complexity index is 1040. The first kappa shape index (κ1) is 17.5. The van der Waals surface area contributed by atoms with Crippen molar-refractivity contribution >= 4 is 27.5 Å². The lowest BCUT2D eigenvalue weighted by molar-refractivity contribution is -0.138. The quantitative estimate of drug-likeness (QED) is 0.865. The third kappa shape index (κ3) is 3.16. The van der Waals surface area contributed by atoms with Crippen LogP contribution in [0.25, 0.3) is 0 Å². The number of carboxylic acid groups (broad SMARTS) is 1. The number of benzene rings is 2. The van der Waals surface area contributed by atoms with Crippen molar-refractivity contribution in [1.29, 1.82) is 0 Å². The number of nitrogens with zero attached hydrogens (tertiary/aromatic N) is 2. The van der Waals surface area contributed by atoms with Crippen LogP contribution < -0.4 is 9.64 Å². The minimum Gasteiger partial charge on any atom is -0.481 e. The van der Waals surface area contributed by atoms with Crippen LogP contribution in [0, 0.1) is 0 Å². The molecule has 2 aromatic carbocycles. The van der Waals surface area contributed by atoms with E-state index in [4.69, 9.17) is 9.84 Å². The molecular formula is C19H18N2O5S. The fourth-order valence-corrected chi connectivity index (χ4v) is 4.57. The summed E-state index contributed by atoms with van der Waals surface area (Å²) in [6.07, 6.45) is 1.55. The molecule has 1 fully saturated rings. The number of anilines is 1. The van der Waals surface area contributed by atoms with E-state index in [1.54, 1.807) is 43.3 Å². The van der Waals surface area contributed by atoms with Crippen molar-refractivity contribution in [2.24, 2.45) is 4.40 Å². The molecule has 2 aliphatic rings. The Labute approximate surface area is 157 Å². The number of hydrogen-bond acceptors (Lipinski definition) is 5. The number of sulfonamides is 1. The Morgan fingerprint density at radius 2 is 1.89 bits per heavy atom. The van der Waals surface area contributed by atoms with E-state index in [-0.39, 0.29) is 4.90 Å². The van der Waals surface area contributed by atoms with Crippen LogP contribution in [0.5, 0.6) is 11.5 Å². The van der Waals surface area contributed by atoms with Gasteiger partial charge in [-0.2, -0.15) is 8.42 Å². The highest BCUT2D eigenvalue weighted by atomic mass is 32.2. The highest BCUT2D eigenvalue weighted by molar-refractivity contribution is 7.90. The molecule has 7 nitrogen and oxygen atoms in total. The molecule has 0 saturated carbocycles. The maximum Gasteiger partial charge on any atom is 0.310 e. The molecular weight excluding hydrogens is 368 g/mol. The van der Waals surface area contributed by atoms with Crippen LogP contribution in [0.2, 0.25) is 0 Å². The van der Waals surface area contributed by atoms with Gasteiger partial charge < -0.3 is 14.7 Å². The monoisotopic (exact) mass is 386 g/mol. The largest absolute Gasteiger partial charge is 0.481 e. The minimum absolute atomic E-state index is 0.141. The molecule has 4 rings (SSSR count). The topological polar surface area (TPSA) is 96.3 Å². The van der Waals surface area contributed by atoms with Gasteiger partial charge in [0.15, 0.2) is 0 Å². The van der Waals surface area contributed by atoms with Crippen molar-refractivity contribution in [3.8, 4) is 11.5 Å². The second-order valence-corrected chi connectivity index (χ2v) is 8.17. The number of rotatable bonds is 4. The molecule has 8 heteroatoms. The molecule has 0 amide bonds. The van der Waals surface area contributed by atoms with Gasteiger partial charge in [0.25, 0.3) is 10.0 Å². The fourth-order valence-electron chi connectivity index (χ4n) is 3.29. The van der Waals surface area contributed by atoms with Crippen LogP contribution >= 0.6 is 0 Å². The maximum atomic E-state index is 12.5. The van der Waals surface area contributed by atoms with E-state index in [0.717, 1.165) is 13.0 Å². The highest BCUT2D eigenvalue weighted by Crippen LogP contribution is 2.38. The zero-order chi connectivity index (χ0) is 19.2. The number of ether oxygens (including phenoxy) is 1. The zero-order valence-electron chi connectivity index (χ0n) is 14.6. The van der Waals surface area contributed by atoms with Gasteiger partial charge in [0, 0.05) is 19.0 Å². The summed E-state index contributed by atoms with van der Waals surface area (Å²) in [7, 11) is -3.74. The number of aliphatic carboxylic acids is 1. The molecule has 2 heterocycles. The van der Waals surface area contributed by atoms with Gasteiger partial charge >= 0.3 is 5.97 Å². The van der Waals surface area contributed by atoms with Crippen molar-refractivity contribution in [3.05, 3.63) is 48.0 Å². The first-order chi connectivity index (χ1) is 12.8. The zero-order valence-corrected chi connectivity index (χ0v) is 15.4. The van der Waals surface area contributed by atoms with Crippen LogP contribution in [0.3, 0.4) is 0 Å².